The highest BCUT2D eigenvalue weighted by atomic mass is 16.1. The van der Waals surface area contributed by atoms with Crippen LogP contribution in [-0.2, 0) is 0 Å². The van der Waals surface area contributed by atoms with E-state index in [-0.39, 0.29) is 11.9 Å². The lowest BCUT2D eigenvalue weighted by Crippen LogP contribution is -2.27. The Morgan fingerprint density at radius 3 is 2.57 bits per heavy atom. The van der Waals surface area contributed by atoms with Crippen molar-refractivity contribution in [3.63, 3.8) is 0 Å². The van der Waals surface area contributed by atoms with Gasteiger partial charge in [0.15, 0.2) is 0 Å². The molecule has 1 atom stereocenters. The van der Waals surface area contributed by atoms with Crippen molar-refractivity contribution in [2.75, 3.05) is 11.9 Å². The second kappa shape index (κ2) is 8.27. The first-order valence-corrected chi connectivity index (χ1v) is 7.99. The summed E-state index contributed by atoms with van der Waals surface area (Å²) in [5.74, 6) is 0.905. The van der Waals surface area contributed by atoms with E-state index in [1.165, 1.54) is 0 Å². The Morgan fingerprint density at radius 1 is 1.13 bits per heavy atom. The molecule has 1 aromatic heterocycles. The molecule has 2 N–H and O–H groups in total. The lowest BCUT2D eigenvalue weighted by atomic mass is 10.1. The molecule has 2 aromatic rings. The van der Waals surface area contributed by atoms with E-state index >= 15 is 0 Å². The smallest absolute Gasteiger partial charge is 0.270 e. The van der Waals surface area contributed by atoms with Gasteiger partial charge in [0.1, 0.15) is 5.69 Å². The lowest BCUT2D eigenvalue weighted by Gasteiger charge is -2.14. The molecule has 0 bridgehead atoms. The molecule has 0 aliphatic heterocycles. The van der Waals surface area contributed by atoms with Crippen LogP contribution in [-0.4, -0.2) is 22.4 Å². The molecule has 1 aromatic carbocycles. The van der Waals surface area contributed by atoms with Gasteiger partial charge in [0.05, 0.1) is 6.04 Å². The molecule has 122 valence electrons. The maximum absolute atomic E-state index is 12.3. The van der Waals surface area contributed by atoms with Gasteiger partial charge in [0.25, 0.3) is 5.91 Å². The number of hydrogen-bond acceptors (Lipinski definition) is 4. The summed E-state index contributed by atoms with van der Waals surface area (Å²) in [4.78, 5) is 20.8. The van der Waals surface area contributed by atoms with Crippen LogP contribution in [0.3, 0.4) is 0 Å². The molecule has 1 amide bonds. The molecule has 0 fully saturated rings. The third kappa shape index (κ3) is 5.36. The Labute approximate surface area is 137 Å². The van der Waals surface area contributed by atoms with Crippen LogP contribution in [0, 0.1) is 5.92 Å². The minimum atomic E-state index is -0.198. The van der Waals surface area contributed by atoms with Crippen LogP contribution in [0.1, 0.15) is 49.3 Å². The predicted octanol–water partition coefficient (Wildman–Crippen LogP) is 3.43. The zero-order valence-electron chi connectivity index (χ0n) is 13.9. The summed E-state index contributed by atoms with van der Waals surface area (Å²) in [6, 6.07) is 11.4. The SMILES string of the molecule is CC(C)CCNc1nccc(C(=O)NC(C)c2ccccc2)n1. The Bertz CT molecular complexity index is 628. The van der Waals surface area contributed by atoms with Crippen LogP contribution in [0.15, 0.2) is 42.6 Å². The van der Waals surface area contributed by atoms with Crippen molar-refractivity contribution in [1.82, 2.24) is 15.3 Å². The predicted molar refractivity (Wildman–Crippen MR) is 92.3 cm³/mol. The summed E-state index contributed by atoms with van der Waals surface area (Å²) in [5.41, 5.74) is 1.43. The number of amides is 1. The van der Waals surface area contributed by atoms with Gasteiger partial charge >= 0.3 is 0 Å². The minimum Gasteiger partial charge on any atom is -0.354 e. The van der Waals surface area contributed by atoms with E-state index in [4.69, 9.17) is 0 Å². The van der Waals surface area contributed by atoms with Crippen LogP contribution in [0.4, 0.5) is 5.95 Å². The summed E-state index contributed by atoms with van der Waals surface area (Å²) >= 11 is 0. The molecule has 23 heavy (non-hydrogen) atoms. The number of carbonyl (C=O) groups is 1. The molecule has 0 aliphatic carbocycles. The van der Waals surface area contributed by atoms with E-state index in [1.54, 1.807) is 12.3 Å². The molecule has 2 rings (SSSR count). The van der Waals surface area contributed by atoms with Gasteiger partial charge in [0.2, 0.25) is 5.95 Å². The maximum atomic E-state index is 12.3. The summed E-state index contributed by atoms with van der Waals surface area (Å²) in [5, 5.41) is 6.11. The number of carbonyl (C=O) groups excluding carboxylic acids is 1. The van der Waals surface area contributed by atoms with Gasteiger partial charge in [-0.15, -0.1) is 0 Å². The van der Waals surface area contributed by atoms with E-state index in [1.807, 2.05) is 37.3 Å². The Balaban J connectivity index is 1.96. The van der Waals surface area contributed by atoms with E-state index in [9.17, 15) is 4.79 Å². The Morgan fingerprint density at radius 2 is 1.87 bits per heavy atom. The maximum Gasteiger partial charge on any atom is 0.270 e. The van der Waals surface area contributed by atoms with Gasteiger partial charge in [0, 0.05) is 12.7 Å². The summed E-state index contributed by atoms with van der Waals surface area (Å²) in [6.07, 6.45) is 2.64. The van der Waals surface area contributed by atoms with Gasteiger partial charge in [-0.3, -0.25) is 4.79 Å². The number of nitrogens with one attached hydrogen (secondary N) is 2. The van der Waals surface area contributed by atoms with Gasteiger partial charge in [-0.05, 0) is 30.9 Å². The van der Waals surface area contributed by atoms with Crippen molar-refractivity contribution < 1.29 is 4.79 Å². The van der Waals surface area contributed by atoms with Crippen molar-refractivity contribution in [2.24, 2.45) is 5.92 Å². The van der Waals surface area contributed by atoms with E-state index < -0.39 is 0 Å². The molecule has 5 heteroatoms. The van der Waals surface area contributed by atoms with Gasteiger partial charge in [-0.2, -0.15) is 0 Å². The number of nitrogens with zero attached hydrogens (tertiary/aromatic N) is 2. The van der Waals surface area contributed by atoms with Crippen molar-refractivity contribution in [1.29, 1.82) is 0 Å². The number of hydrogen-bond donors (Lipinski definition) is 2. The first-order chi connectivity index (χ1) is 11.1. The van der Waals surface area contributed by atoms with E-state index in [0.29, 0.717) is 17.6 Å². The molecule has 0 aliphatic rings. The fourth-order valence-corrected chi connectivity index (χ4v) is 2.14. The average Bonchev–Trinajstić information content (AvgIpc) is 2.55. The zero-order valence-corrected chi connectivity index (χ0v) is 13.9. The van der Waals surface area contributed by atoms with E-state index in [0.717, 1.165) is 18.5 Å². The number of rotatable bonds is 7. The fraction of sp³-hybridized carbons (Fsp3) is 0.389. The third-order valence-corrected chi connectivity index (χ3v) is 3.54. The summed E-state index contributed by atoms with van der Waals surface area (Å²) < 4.78 is 0. The summed E-state index contributed by atoms with van der Waals surface area (Å²) in [6.45, 7) is 7.08. The Hall–Kier alpha value is -2.43. The quantitative estimate of drug-likeness (QED) is 0.822. The molecule has 1 heterocycles. The highest BCUT2D eigenvalue weighted by Crippen LogP contribution is 2.12. The van der Waals surface area contributed by atoms with E-state index in [2.05, 4.69) is 34.4 Å². The lowest BCUT2D eigenvalue weighted by molar-refractivity contribution is 0.0935. The normalized spacial score (nSPS) is 12.0. The van der Waals surface area contributed by atoms with Gasteiger partial charge in [-0.1, -0.05) is 44.2 Å². The molecule has 0 spiro atoms. The largest absolute Gasteiger partial charge is 0.354 e. The fourth-order valence-electron chi connectivity index (χ4n) is 2.14. The third-order valence-electron chi connectivity index (χ3n) is 3.54. The van der Waals surface area contributed by atoms with Crippen molar-refractivity contribution in [2.45, 2.75) is 33.2 Å². The standard InChI is InChI=1S/C18H24N4O/c1-13(2)9-11-19-18-20-12-10-16(22-18)17(23)21-14(3)15-7-5-4-6-8-15/h4-8,10,12-14H,9,11H2,1-3H3,(H,21,23)(H,19,20,22). The molecular formula is C18H24N4O. The van der Waals surface area contributed by atoms with Crippen LogP contribution in [0.2, 0.25) is 0 Å². The monoisotopic (exact) mass is 312 g/mol. The molecule has 0 saturated heterocycles. The molecular weight excluding hydrogens is 288 g/mol. The topological polar surface area (TPSA) is 66.9 Å². The first-order valence-electron chi connectivity index (χ1n) is 7.99. The number of benzene rings is 1. The first kappa shape index (κ1) is 16.9. The number of aromatic nitrogens is 2. The molecule has 0 radical (unpaired) electrons. The Kier molecular flexibility index (Phi) is 6.09. The molecule has 1 unspecified atom stereocenters. The zero-order chi connectivity index (χ0) is 16.7. The highest BCUT2D eigenvalue weighted by Gasteiger charge is 2.13. The van der Waals surface area contributed by atoms with Crippen LogP contribution in [0.5, 0.6) is 0 Å². The van der Waals surface area contributed by atoms with Crippen LogP contribution in [0.25, 0.3) is 0 Å². The second-order valence-corrected chi connectivity index (χ2v) is 5.98. The second-order valence-electron chi connectivity index (χ2n) is 5.98. The molecule has 5 nitrogen and oxygen atoms in total. The number of anilines is 1. The van der Waals surface area contributed by atoms with Crippen molar-refractivity contribution in [3.05, 3.63) is 53.9 Å². The average molecular weight is 312 g/mol. The summed E-state index contributed by atoms with van der Waals surface area (Å²) in [7, 11) is 0. The van der Waals surface area contributed by atoms with Crippen LogP contribution >= 0.6 is 0 Å². The van der Waals surface area contributed by atoms with Gasteiger partial charge < -0.3 is 10.6 Å². The van der Waals surface area contributed by atoms with Crippen LogP contribution < -0.4 is 10.6 Å². The van der Waals surface area contributed by atoms with Crippen molar-refractivity contribution >= 4 is 11.9 Å². The van der Waals surface area contributed by atoms with Gasteiger partial charge in [-0.25, -0.2) is 9.97 Å². The molecule has 0 saturated carbocycles. The van der Waals surface area contributed by atoms with Crippen molar-refractivity contribution in [3.8, 4) is 0 Å². The highest BCUT2D eigenvalue weighted by molar-refractivity contribution is 5.92. The minimum absolute atomic E-state index is 0.0731.